The second-order valence-corrected chi connectivity index (χ2v) is 13.1. The van der Waals surface area contributed by atoms with Gasteiger partial charge in [-0.15, -0.1) is 0 Å². The van der Waals surface area contributed by atoms with Gasteiger partial charge in [-0.05, 0) is 85.9 Å². The topological polar surface area (TPSA) is 29.3 Å². The van der Waals surface area contributed by atoms with E-state index in [1.807, 2.05) is 6.20 Å². The molecular formula is C49H32N2O. The SMILES string of the molecule is c1ccc(-c2ccc(N(c3ccc(-c4ccccc4)c(-c4cccc5ccccc45)c3)c3ccnc4oc5c6ccccc6ccc5c34)cc2)cc1. The molecule has 0 fully saturated rings. The maximum atomic E-state index is 6.59. The van der Waals surface area contributed by atoms with E-state index in [4.69, 9.17) is 9.40 Å². The van der Waals surface area contributed by atoms with Crippen molar-refractivity contribution in [1.29, 1.82) is 0 Å². The van der Waals surface area contributed by atoms with E-state index in [9.17, 15) is 0 Å². The van der Waals surface area contributed by atoms with Crippen LogP contribution in [0.15, 0.2) is 199 Å². The van der Waals surface area contributed by atoms with Gasteiger partial charge in [0.05, 0.1) is 11.1 Å². The Bertz CT molecular complexity index is 2890. The molecule has 2 aromatic heterocycles. The molecule has 3 heteroatoms. The summed E-state index contributed by atoms with van der Waals surface area (Å²) in [6.45, 7) is 0. The lowest BCUT2D eigenvalue weighted by Crippen LogP contribution is -2.11. The summed E-state index contributed by atoms with van der Waals surface area (Å²) < 4.78 is 6.59. The molecule has 0 amide bonds. The van der Waals surface area contributed by atoms with Gasteiger partial charge in [0.2, 0.25) is 5.71 Å². The third-order valence-electron chi connectivity index (χ3n) is 10.1. The molecule has 0 unspecified atom stereocenters. The first-order chi connectivity index (χ1) is 25.8. The van der Waals surface area contributed by atoms with Crippen LogP contribution in [0.5, 0.6) is 0 Å². The maximum Gasteiger partial charge on any atom is 0.229 e. The fraction of sp³-hybridized carbons (Fsp3) is 0. The molecule has 0 aliphatic carbocycles. The Morgan fingerprint density at radius 2 is 1.04 bits per heavy atom. The predicted octanol–water partition coefficient (Wildman–Crippen LogP) is 13.8. The molecule has 0 radical (unpaired) electrons. The maximum absolute atomic E-state index is 6.59. The highest BCUT2D eigenvalue weighted by Gasteiger charge is 2.23. The van der Waals surface area contributed by atoms with Gasteiger partial charge in [0.1, 0.15) is 5.58 Å². The summed E-state index contributed by atoms with van der Waals surface area (Å²) >= 11 is 0. The Kier molecular flexibility index (Phi) is 7.14. The first-order valence-corrected chi connectivity index (χ1v) is 17.6. The second kappa shape index (κ2) is 12.4. The summed E-state index contributed by atoms with van der Waals surface area (Å²) in [5.41, 5.74) is 11.6. The Morgan fingerprint density at radius 1 is 0.404 bits per heavy atom. The van der Waals surface area contributed by atoms with Crippen LogP contribution in [-0.4, -0.2) is 4.98 Å². The van der Waals surface area contributed by atoms with E-state index >= 15 is 0 Å². The molecule has 52 heavy (non-hydrogen) atoms. The zero-order chi connectivity index (χ0) is 34.4. The smallest absolute Gasteiger partial charge is 0.229 e. The van der Waals surface area contributed by atoms with Gasteiger partial charge < -0.3 is 9.32 Å². The summed E-state index contributed by atoms with van der Waals surface area (Å²) in [6, 6.07) is 67.0. The van der Waals surface area contributed by atoms with Crippen LogP contribution in [-0.2, 0) is 0 Å². The van der Waals surface area contributed by atoms with E-state index in [1.54, 1.807) is 0 Å². The third-order valence-corrected chi connectivity index (χ3v) is 10.1. The fourth-order valence-electron chi connectivity index (χ4n) is 7.68. The molecule has 0 bridgehead atoms. The van der Waals surface area contributed by atoms with Crippen molar-refractivity contribution in [3.05, 3.63) is 194 Å². The van der Waals surface area contributed by atoms with Crippen LogP contribution in [0.1, 0.15) is 0 Å². The molecule has 0 atom stereocenters. The number of benzene rings is 8. The predicted molar refractivity (Wildman–Crippen MR) is 218 cm³/mol. The number of hydrogen-bond acceptors (Lipinski definition) is 3. The first-order valence-electron chi connectivity index (χ1n) is 17.6. The fourth-order valence-corrected chi connectivity index (χ4v) is 7.68. The minimum atomic E-state index is 0.616. The number of pyridine rings is 1. The van der Waals surface area contributed by atoms with E-state index in [-0.39, 0.29) is 0 Å². The zero-order valence-corrected chi connectivity index (χ0v) is 28.3. The third kappa shape index (κ3) is 5.02. The number of furan rings is 1. The van der Waals surface area contributed by atoms with E-state index in [0.717, 1.165) is 44.2 Å². The Balaban J connectivity index is 1.25. The van der Waals surface area contributed by atoms with Crippen LogP contribution >= 0.6 is 0 Å². The molecule has 0 N–H and O–H groups in total. The number of anilines is 3. The van der Waals surface area contributed by atoms with Crippen LogP contribution in [0.25, 0.3) is 77.0 Å². The van der Waals surface area contributed by atoms with Crippen molar-refractivity contribution in [1.82, 2.24) is 4.98 Å². The molecule has 8 aromatic carbocycles. The van der Waals surface area contributed by atoms with Crippen molar-refractivity contribution in [2.45, 2.75) is 0 Å². The minimum absolute atomic E-state index is 0.616. The Labute approximate surface area is 301 Å². The van der Waals surface area contributed by atoms with Crippen LogP contribution in [0.3, 0.4) is 0 Å². The van der Waals surface area contributed by atoms with Gasteiger partial charge in [-0.3, -0.25) is 0 Å². The molecule has 10 rings (SSSR count). The van der Waals surface area contributed by atoms with Gasteiger partial charge in [0.15, 0.2) is 0 Å². The van der Waals surface area contributed by atoms with E-state index in [1.165, 1.54) is 44.2 Å². The summed E-state index contributed by atoms with van der Waals surface area (Å²) in [5, 5.41) is 6.67. The molecule has 0 spiro atoms. The van der Waals surface area contributed by atoms with Crippen molar-refractivity contribution in [2.75, 3.05) is 4.90 Å². The van der Waals surface area contributed by atoms with Gasteiger partial charge in [-0.1, -0.05) is 152 Å². The second-order valence-electron chi connectivity index (χ2n) is 13.1. The van der Waals surface area contributed by atoms with E-state index in [2.05, 4.69) is 193 Å². The largest absolute Gasteiger partial charge is 0.437 e. The monoisotopic (exact) mass is 664 g/mol. The molecule has 0 aliphatic rings. The number of nitrogens with zero attached hydrogens (tertiary/aromatic N) is 2. The van der Waals surface area contributed by atoms with Crippen LogP contribution in [0.4, 0.5) is 17.1 Å². The highest BCUT2D eigenvalue weighted by Crippen LogP contribution is 2.46. The molecular weight excluding hydrogens is 633 g/mol. The highest BCUT2D eigenvalue weighted by molar-refractivity contribution is 6.19. The number of aromatic nitrogens is 1. The van der Waals surface area contributed by atoms with Crippen molar-refractivity contribution >= 4 is 60.7 Å². The van der Waals surface area contributed by atoms with Crippen molar-refractivity contribution in [3.63, 3.8) is 0 Å². The van der Waals surface area contributed by atoms with Gasteiger partial charge in [0, 0.05) is 28.3 Å². The standard InChI is InChI=1S/C49H32N2O/c1-3-12-33(13-4-1)34-22-25-38(26-23-34)51(46-30-31-50-49-47(46)44-28-24-37-17-8-10-20-42(37)48(44)52-49)39-27-29-41(35-14-5-2-6-15-35)45(32-39)43-21-11-18-36-16-7-9-19-40(36)43/h1-32H. The van der Waals surface area contributed by atoms with Crippen molar-refractivity contribution < 1.29 is 4.42 Å². The lowest BCUT2D eigenvalue weighted by Gasteiger charge is -2.27. The summed E-state index contributed by atoms with van der Waals surface area (Å²) in [5.74, 6) is 0. The van der Waals surface area contributed by atoms with Crippen molar-refractivity contribution in [2.24, 2.45) is 0 Å². The minimum Gasteiger partial charge on any atom is -0.437 e. The van der Waals surface area contributed by atoms with Gasteiger partial charge in [-0.2, -0.15) is 0 Å². The van der Waals surface area contributed by atoms with Gasteiger partial charge in [-0.25, -0.2) is 4.98 Å². The van der Waals surface area contributed by atoms with Crippen LogP contribution in [0, 0.1) is 0 Å². The summed E-state index contributed by atoms with van der Waals surface area (Å²) in [4.78, 5) is 7.12. The molecule has 244 valence electrons. The number of fused-ring (bicyclic) bond motifs is 6. The lowest BCUT2D eigenvalue weighted by molar-refractivity contribution is 0.657. The normalized spacial score (nSPS) is 11.5. The zero-order valence-electron chi connectivity index (χ0n) is 28.3. The van der Waals surface area contributed by atoms with Crippen LogP contribution < -0.4 is 4.90 Å². The van der Waals surface area contributed by atoms with Gasteiger partial charge >= 0.3 is 0 Å². The molecule has 10 aromatic rings. The molecule has 2 heterocycles. The molecule has 3 nitrogen and oxygen atoms in total. The van der Waals surface area contributed by atoms with Crippen LogP contribution in [0.2, 0.25) is 0 Å². The first kappa shape index (κ1) is 29.9. The average Bonchev–Trinajstić information content (AvgIpc) is 3.62. The highest BCUT2D eigenvalue weighted by atomic mass is 16.3. The van der Waals surface area contributed by atoms with Gasteiger partial charge in [0.25, 0.3) is 0 Å². The number of hydrogen-bond donors (Lipinski definition) is 0. The van der Waals surface area contributed by atoms with E-state index in [0.29, 0.717) is 5.71 Å². The molecule has 0 saturated carbocycles. The number of rotatable bonds is 6. The Hall–Kier alpha value is -6.97. The van der Waals surface area contributed by atoms with E-state index < -0.39 is 0 Å². The summed E-state index contributed by atoms with van der Waals surface area (Å²) in [6.07, 6.45) is 1.86. The molecule has 0 saturated heterocycles. The average molecular weight is 665 g/mol. The van der Waals surface area contributed by atoms with Crippen molar-refractivity contribution in [3.8, 4) is 33.4 Å². The molecule has 0 aliphatic heterocycles. The quantitative estimate of drug-likeness (QED) is 0.177. The lowest BCUT2D eigenvalue weighted by atomic mass is 9.90. The Morgan fingerprint density at radius 3 is 1.83 bits per heavy atom. The summed E-state index contributed by atoms with van der Waals surface area (Å²) in [7, 11) is 0.